The van der Waals surface area contributed by atoms with Gasteiger partial charge < -0.3 is 13.3 Å². The van der Waals surface area contributed by atoms with Crippen molar-refractivity contribution in [3.8, 4) is 0 Å². The van der Waals surface area contributed by atoms with E-state index in [-0.39, 0.29) is 5.97 Å². The van der Waals surface area contributed by atoms with Crippen molar-refractivity contribution in [1.29, 1.82) is 0 Å². The Hall–Kier alpha value is -0.176. The van der Waals surface area contributed by atoms with E-state index in [4.69, 9.17) is 13.3 Å². The SMILES string of the molecule is CCCC[Si](CCCC)(OC(=O)C(C)(CC)[Si](OCC)OCC)C(C)CC. The minimum absolute atomic E-state index is 0.0695. The Bertz CT molecular complexity index is 392. The molecule has 161 valence electrons. The van der Waals surface area contributed by atoms with Crippen molar-refractivity contribution in [2.75, 3.05) is 13.2 Å². The molecule has 0 amide bonds. The molecule has 0 aliphatic rings. The third kappa shape index (κ3) is 7.63. The van der Waals surface area contributed by atoms with Gasteiger partial charge in [-0.05, 0) is 44.8 Å². The fraction of sp³-hybridized carbons (Fsp3) is 0.952. The lowest BCUT2D eigenvalue weighted by molar-refractivity contribution is -0.139. The van der Waals surface area contributed by atoms with Crippen LogP contribution in [0.5, 0.6) is 0 Å². The minimum Gasteiger partial charge on any atom is -0.518 e. The molecule has 4 nitrogen and oxygen atoms in total. The van der Waals surface area contributed by atoms with Gasteiger partial charge in [-0.15, -0.1) is 0 Å². The van der Waals surface area contributed by atoms with Gasteiger partial charge in [0.1, 0.15) is 5.04 Å². The van der Waals surface area contributed by atoms with Gasteiger partial charge >= 0.3 is 9.28 Å². The molecular formula is C21H45O4Si2. The molecule has 0 saturated heterocycles. The molecule has 0 spiro atoms. The number of unbranched alkanes of at least 4 members (excludes halogenated alkanes) is 2. The van der Waals surface area contributed by atoms with Gasteiger partial charge in [0.25, 0.3) is 14.3 Å². The average Bonchev–Trinajstić information content (AvgIpc) is 2.68. The largest absolute Gasteiger partial charge is 0.518 e. The Morgan fingerprint density at radius 2 is 1.44 bits per heavy atom. The van der Waals surface area contributed by atoms with Crippen LogP contribution in [0.25, 0.3) is 0 Å². The van der Waals surface area contributed by atoms with Crippen molar-refractivity contribution < 1.29 is 18.1 Å². The summed E-state index contributed by atoms with van der Waals surface area (Å²) in [5, 5.41) is -0.666. The van der Waals surface area contributed by atoms with E-state index < -0.39 is 22.6 Å². The van der Waals surface area contributed by atoms with Crippen molar-refractivity contribution in [2.24, 2.45) is 0 Å². The minimum atomic E-state index is -2.17. The molecule has 1 radical (unpaired) electrons. The molecule has 0 heterocycles. The monoisotopic (exact) mass is 417 g/mol. The van der Waals surface area contributed by atoms with Crippen molar-refractivity contribution in [2.45, 2.75) is 117 Å². The van der Waals surface area contributed by atoms with Crippen molar-refractivity contribution >= 4 is 23.6 Å². The van der Waals surface area contributed by atoms with Gasteiger partial charge in [0.2, 0.25) is 0 Å². The summed E-state index contributed by atoms with van der Waals surface area (Å²) < 4.78 is 18.4. The normalized spacial score (nSPS) is 15.6. The van der Waals surface area contributed by atoms with Crippen molar-refractivity contribution in [3.63, 3.8) is 0 Å². The molecule has 0 N–H and O–H groups in total. The first-order chi connectivity index (χ1) is 12.8. The molecule has 0 aliphatic carbocycles. The third-order valence-electron chi connectivity index (χ3n) is 5.87. The predicted octanol–water partition coefficient (Wildman–Crippen LogP) is 6.61. The zero-order valence-corrected chi connectivity index (χ0v) is 21.3. The van der Waals surface area contributed by atoms with E-state index in [0.29, 0.717) is 25.2 Å². The maximum absolute atomic E-state index is 13.5. The molecule has 2 unspecified atom stereocenters. The quantitative estimate of drug-likeness (QED) is 0.265. The number of rotatable bonds is 16. The Labute approximate surface area is 171 Å². The van der Waals surface area contributed by atoms with Crippen LogP contribution in [0, 0.1) is 0 Å². The van der Waals surface area contributed by atoms with Gasteiger partial charge in [-0.2, -0.15) is 0 Å². The first-order valence-corrected chi connectivity index (χ1v) is 14.9. The first-order valence-electron chi connectivity index (χ1n) is 11.2. The van der Waals surface area contributed by atoms with Crippen LogP contribution >= 0.6 is 0 Å². The van der Waals surface area contributed by atoms with Crippen molar-refractivity contribution in [3.05, 3.63) is 0 Å². The van der Waals surface area contributed by atoms with Gasteiger partial charge in [0, 0.05) is 13.2 Å². The zero-order valence-electron chi connectivity index (χ0n) is 19.3. The topological polar surface area (TPSA) is 44.8 Å². The molecule has 0 fully saturated rings. The summed E-state index contributed by atoms with van der Waals surface area (Å²) in [7, 11) is -3.90. The fourth-order valence-corrected chi connectivity index (χ4v) is 10.2. The summed E-state index contributed by atoms with van der Waals surface area (Å²) in [6, 6.07) is 2.16. The molecular weight excluding hydrogens is 372 g/mol. The van der Waals surface area contributed by atoms with E-state index in [0.717, 1.165) is 44.2 Å². The standard InChI is InChI=1S/C21H45O4Si2/c1-9-15-17-27(18-16-10-2,19(7)11-3)25-20(22)21(8,12-4)26(23-13-5)24-14-6/h19H,9-18H2,1-8H3. The first kappa shape index (κ1) is 26.8. The van der Waals surface area contributed by atoms with Gasteiger partial charge in [-0.3, -0.25) is 4.79 Å². The summed E-state index contributed by atoms with van der Waals surface area (Å²) in [4.78, 5) is 13.5. The zero-order chi connectivity index (χ0) is 20.9. The van der Waals surface area contributed by atoms with Crippen LogP contribution in [0.1, 0.15) is 93.9 Å². The summed E-state index contributed by atoms with van der Waals surface area (Å²) in [6.07, 6.45) is 6.34. The molecule has 0 rings (SSSR count). The molecule has 0 saturated carbocycles. The third-order valence-corrected chi connectivity index (χ3v) is 13.6. The fourth-order valence-electron chi connectivity index (χ4n) is 3.44. The van der Waals surface area contributed by atoms with Crippen LogP contribution in [0.4, 0.5) is 0 Å². The smallest absolute Gasteiger partial charge is 0.402 e. The Kier molecular flexibility index (Phi) is 13.8. The number of hydrogen-bond donors (Lipinski definition) is 0. The maximum Gasteiger partial charge on any atom is 0.402 e. The second-order valence-electron chi connectivity index (χ2n) is 7.81. The Morgan fingerprint density at radius 3 is 1.78 bits per heavy atom. The molecule has 0 aromatic carbocycles. The molecule has 0 bridgehead atoms. The highest BCUT2D eigenvalue weighted by Crippen LogP contribution is 2.42. The summed E-state index contributed by atoms with van der Waals surface area (Å²) in [5.41, 5.74) is 0.482. The van der Waals surface area contributed by atoms with E-state index in [1.54, 1.807) is 0 Å². The Balaban J connectivity index is 5.75. The lowest BCUT2D eigenvalue weighted by Crippen LogP contribution is -2.50. The number of carbonyl (C=O) groups excluding carboxylic acids is 1. The number of carbonyl (C=O) groups is 1. The number of hydrogen-bond acceptors (Lipinski definition) is 4. The van der Waals surface area contributed by atoms with Crippen molar-refractivity contribution in [1.82, 2.24) is 0 Å². The van der Waals surface area contributed by atoms with Crippen LogP contribution in [-0.4, -0.2) is 36.8 Å². The second-order valence-corrected chi connectivity index (χ2v) is 14.4. The molecule has 0 aliphatic heterocycles. The second kappa shape index (κ2) is 13.9. The highest BCUT2D eigenvalue weighted by atomic mass is 28.4. The van der Waals surface area contributed by atoms with E-state index in [1.807, 2.05) is 20.8 Å². The van der Waals surface area contributed by atoms with Gasteiger partial charge in [0.05, 0.1) is 0 Å². The van der Waals surface area contributed by atoms with E-state index >= 15 is 0 Å². The summed E-state index contributed by atoms with van der Waals surface area (Å²) in [5.74, 6) is -0.0695. The van der Waals surface area contributed by atoms with Crippen LogP contribution < -0.4 is 0 Å². The molecule has 6 heteroatoms. The molecule has 0 aromatic rings. The lowest BCUT2D eigenvalue weighted by Gasteiger charge is -2.40. The molecule has 27 heavy (non-hydrogen) atoms. The van der Waals surface area contributed by atoms with Gasteiger partial charge in [-0.25, -0.2) is 0 Å². The van der Waals surface area contributed by atoms with Crippen LogP contribution in [0.15, 0.2) is 0 Å². The average molecular weight is 418 g/mol. The summed E-state index contributed by atoms with van der Waals surface area (Å²) in [6.45, 7) is 18.1. The van der Waals surface area contributed by atoms with Gasteiger partial charge in [0.15, 0.2) is 0 Å². The molecule has 2 atom stereocenters. The predicted molar refractivity (Wildman–Crippen MR) is 119 cm³/mol. The molecule has 0 aromatic heterocycles. The van der Waals surface area contributed by atoms with E-state index in [1.165, 1.54) is 0 Å². The van der Waals surface area contributed by atoms with Crippen LogP contribution in [0.2, 0.25) is 22.7 Å². The maximum atomic E-state index is 13.5. The lowest BCUT2D eigenvalue weighted by atomic mass is 10.1. The Morgan fingerprint density at radius 1 is 0.963 bits per heavy atom. The van der Waals surface area contributed by atoms with E-state index in [9.17, 15) is 4.79 Å². The highest BCUT2D eigenvalue weighted by Gasteiger charge is 2.51. The summed E-state index contributed by atoms with van der Waals surface area (Å²) >= 11 is 0. The van der Waals surface area contributed by atoms with Gasteiger partial charge in [-0.1, -0.05) is 66.7 Å². The van der Waals surface area contributed by atoms with E-state index in [2.05, 4.69) is 34.6 Å². The van der Waals surface area contributed by atoms with Crippen LogP contribution in [0.3, 0.4) is 0 Å². The highest BCUT2D eigenvalue weighted by molar-refractivity contribution is 6.77. The van der Waals surface area contributed by atoms with Crippen LogP contribution in [-0.2, 0) is 18.1 Å².